The number of hydrogen-bond donors (Lipinski definition) is 2. The van der Waals surface area contributed by atoms with Crippen LogP contribution in [0, 0.1) is 29.6 Å². The van der Waals surface area contributed by atoms with Crippen LogP contribution in [-0.4, -0.2) is 91.3 Å². The van der Waals surface area contributed by atoms with Gasteiger partial charge in [-0.1, -0.05) is 12.0 Å². The molecule has 0 radical (unpaired) electrons. The molecule has 3 rings (SSSR count). The minimum atomic E-state index is -0.847. The van der Waals surface area contributed by atoms with Crippen molar-refractivity contribution >= 4 is 29.3 Å². The first kappa shape index (κ1) is 27.7. The first-order valence-corrected chi connectivity index (χ1v) is 13.3. The molecular formula is C26H35N5O4S. The molecule has 0 spiro atoms. The monoisotopic (exact) mass is 513 g/mol. The third kappa shape index (κ3) is 8.06. The number of nitrogens with one attached hydrogen (secondary N) is 2. The minimum absolute atomic E-state index is 0.0511. The van der Waals surface area contributed by atoms with Crippen molar-refractivity contribution in [1.82, 2.24) is 15.1 Å². The van der Waals surface area contributed by atoms with Crippen molar-refractivity contribution in [3.63, 3.8) is 0 Å². The number of amides is 2. The fourth-order valence-corrected chi connectivity index (χ4v) is 5.81. The van der Waals surface area contributed by atoms with Crippen LogP contribution in [0.5, 0.6) is 5.75 Å². The van der Waals surface area contributed by atoms with Gasteiger partial charge < -0.3 is 25.0 Å². The first-order chi connectivity index (χ1) is 17.5. The number of nitriles is 1. The maximum atomic E-state index is 12.9. The molecule has 10 heteroatoms. The Labute approximate surface area is 217 Å². The summed E-state index contributed by atoms with van der Waals surface area (Å²) >= 11 is 1.53. The smallest absolute Gasteiger partial charge is 0.238 e. The lowest BCUT2D eigenvalue weighted by molar-refractivity contribution is -0.131. The molecule has 2 aliphatic rings. The number of ether oxygens (including phenoxy) is 2. The second kappa shape index (κ2) is 14.6. The number of carbonyl (C=O) groups excluding carboxylic acids is 2. The highest BCUT2D eigenvalue weighted by molar-refractivity contribution is 8.01. The molecule has 2 N–H and O–H groups in total. The van der Waals surface area contributed by atoms with Crippen LogP contribution in [-0.2, 0) is 14.3 Å². The van der Waals surface area contributed by atoms with Gasteiger partial charge in [0.15, 0.2) is 0 Å². The Morgan fingerprint density at radius 2 is 2.19 bits per heavy atom. The number of rotatable bonds is 13. The molecule has 2 saturated heterocycles. The molecule has 0 bridgehead atoms. The van der Waals surface area contributed by atoms with E-state index < -0.39 is 11.8 Å². The summed E-state index contributed by atoms with van der Waals surface area (Å²) in [7, 11) is 0. The predicted molar refractivity (Wildman–Crippen MR) is 140 cm³/mol. The van der Waals surface area contributed by atoms with Gasteiger partial charge in [0.05, 0.1) is 36.5 Å². The van der Waals surface area contributed by atoms with E-state index in [1.165, 1.54) is 11.8 Å². The fraction of sp³-hybridized carbons (Fsp3) is 0.577. The molecule has 36 heavy (non-hydrogen) atoms. The van der Waals surface area contributed by atoms with Crippen molar-refractivity contribution in [2.75, 3.05) is 64.4 Å². The summed E-state index contributed by atoms with van der Waals surface area (Å²) in [4.78, 5) is 29.2. The summed E-state index contributed by atoms with van der Waals surface area (Å²) in [5, 5.41) is 15.0. The number of nitrogens with zero attached hydrogens (tertiary/aromatic N) is 3. The van der Waals surface area contributed by atoms with E-state index in [1.54, 1.807) is 4.90 Å². The minimum Gasteiger partial charge on any atom is -0.492 e. The zero-order valence-electron chi connectivity index (χ0n) is 20.8. The van der Waals surface area contributed by atoms with Crippen LogP contribution in [0.25, 0.3) is 0 Å². The topological polar surface area (TPSA) is 107 Å². The largest absolute Gasteiger partial charge is 0.492 e. The summed E-state index contributed by atoms with van der Waals surface area (Å²) in [5.41, 5.74) is 0.938. The van der Waals surface area contributed by atoms with E-state index in [4.69, 9.17) is 15.9 Å². The molecule has 9 nitrogen and oxygen atoms in total. The molecule has 0 saturated carbocycles. The lowest BCUT2D eigenvalue weighted by Crippen LogP contribution is -2.38. The molecule has 2 aliphatic heterocycles. The summed E-state index contributed by atoms with van der Waals surface area (Å²) in [6.45, 7) is 8.08. The highest BCUT2D eigenvalue weighted by Crippen LogP contribution is 2.37. The predicted octanol–water partition coefficient (Wildman–Crippen LogP) is 1.77. The summed E-state index contributed by atoms with van der Waals surface area (Å²) in [5.74, 6) is 1.96. The zero-order valence-corrected chi connectivity index (χ0v) is 21.6. The number of benzene rings is 1. The maximum absolute atomic E-state index is 12.9. The van der Waals surface area contributed by atoms with Crippen LogP contribution in [0.2, 0.25) is 0 Å². The van der Waals surface area contributed by atoms with Crippen molar-refractivity contribution in [2.24, 2.45) is 5.92 Å². The van der Waals surface area contributed by atoms with E-state index in [2.05, 4.69) is 27.5 Å². The van der Waals surface area contributed by atoms with Gasteiger partial charge in [0.25, 0.3) is 0 Å². The molecule has 1 aromatic rings. The number of thioether (sulfide) groups is 1. The first-order valence-electron chi connectivity index (χ1n) is 12.4. The Morgan fingerprint density at radius 1 is 1.39 bits per heavy atom. The fourth-order valence-electron chi connectivity index (χ4n) is 4.22. The Hall–Kier alpha value is -2.92. The zero-order chi connectivity index (χ0) is 25.8. The summed E-state index contributed by atoms with van der Waals surface area (Å²) in [6.07, 6.45) is 6.11. The summed E-state index contributed by atoms with van der Waals surface area (Å²) < 4.78 is 11.3. The Kier molecular flexibility index (Phi) is 11.2. The normalized spacial score (nSPS) is 20.9. The number of morpholine rings is 1. The van der Waals surface area contributed by atoms with E-state index in [0.717, 1.165) is 44.3 Å². The second-order valence-corrected chi connectivity index (χ2v) is 9.97. The van der Waals surface area contributed by atoms with Gasteiger partial charge in [0, 0.05) is 50.9 Å². The highest BCUT2D eigenvalue weighted by Gasteiger charge is 2.40. The molecule has 3 unspecified atom stereocenters. The van der Waals surface area contributed by atoms with Crippen LogP contribution in [0.3, 0.4) is 0 Å². The van der Waals surface area contributed by atoms with Crippen molar-refractivity contribution in [3.05, 3.63) is 24.3 Å². The highest BCUT2D eigenvalue weighted by atomic mass is 32.2. The molecule has 2 heterocycles. The number of terminal acetylenes is 1. The van der Waals surface area contributed by atoms with Gasteiger partial charge in [0.2, 0.25) is 11.8 Å². The molecular weight excluding hydrogens is 478 g/mol. The molecule has 1 aromatic carbocycles. The van der Waals surface area contributed by atoms with Gasteiger partial charge >= 0.3 is 0 Å². The maximum Gasteiger partial charge on any atom is 0.238 e. The molecule has 2 amide bonds. The van der Waals surface area contributed by atoms with Gasteiger partial charge in [-0.15, -0.1) is 18.2 Å². The lowest BCUT2D eigenvalue weighted by atomic mass is 10.1. The van der Waals surface area contributed by atoms with Crippen molar-refractivity contribution in [1.29, 1.82) is 5.26 Å². The van der Waals surface area contributed by atoms with Crippen molar-refractivity contribution in [3.8, 4) is 24.2 Å². The van der Waals surface area contributed by atoms with Crippen LogP contribution >= 0.6 is 11.8 Å². The molecule has 2 fully saturated rings. The van der Waals surface area contributed by atoms with Crippen molar-refractivity contribution in [2.45, 2.75) is 30.4 Å². The SMILES string of the molecule is C#CCNC(=O)C(C#N)CC1SC(CCNc2cccc(OCCN3CCOCC3)c2)C(=O)N1CC. The van der Waals surface area contributed by atoms with E-state index >= 15 is 0 Å². The Balaban J connectivity index is 1.45. The quantitative estimate of drug-likeness (QED) is 0.385. The van der Waals surface area contributed by atoms with Gasteiger partial charge in [0.1, 0.15) is 18.3 Å². The van der Waals surface area contributed by atoms with Crippen LogP contribution in [0.15, 0.2) is 24.3 Å². The van der Waals surface area contributed by atoms with Crippen LogP contribution in [0.4, 0.5) is 5.69 Å². The molecule has 3 atom stereocenters. The number of hydrogen-bond acceptors (Lipinski definition) is 8. The average Bonchev–Trinajstić information content (AvgIpc) is 3.20. The van der Waals surface area contributed by atoms with Gasteiger partial charge in [-0.2, -0.15) is 5.26 Å². The lowest BCUT2D eigenvalue weighted by Gasteiger charge is -2.26. The molecule has 194 valence electrons. The van der Waals surface area contributed by atoms with E-state index in [0.29, 0.717) is 26.1 Å². The number of anilines is 1. The molecule has 0 aliphatic carbocycles. The van der Waals surface area contributed by atoms with Gasteiger partial charge in [-0.05, 0) is 25.5 Å². The standard InChI is InChI=1S/C26H35N5O4S/c1-3-9-29-25(32)20(19-27)17-24-31(4-2)26(33)23(36-24)8-10-28-21-6-5-7-22(18-21)35-16-13-30-11-14-34-15-12-30/h1,5-7,18,20,23-24,28H,4,8-17H2,2H3,(H,29,32). The average molecular weight is 514 g/mol. The van der Waals surface area contributed by atoms with Gasteiger partial charge in [-0.25, -0.2) is 0 Å². The number of carbonyl (C=O) groups is 2. The third-order valence-electron chi connectivity index (χ3n) is 6.19. The second-order valence-electron chi connectivity index (χ2n) is 8.59. The third-order valence-corrected chi connectivity index (χ3v) is 7.72. The molecule has 0 aromatic heterocycles. The Bertz CT molecular complexity index is 956. The van der Waals surface area contributed by atoms with E-state index in [9.17, 15) is 14.9 Å². The van der Waals surface area contributed by atoms with Gasteiger partial charge in [-0.3, -0.25) is 14.5 Å². The van der Waals surface area contributed by atoms with Crippen LogP contribution < -0.4 is 15.4 Å². The van der Waals surface area contributed by atoms with Crippen LogP contribution in [0.1, 0.15) is 19.8 Å². The Morgan fingerprint density at radius 3 is 2.92 bits per heavy atom. The van der Waals surface area contributed by atoms with Crippen molar-refractivity contribution < 1.29 is 19.1 Å². The van der Waals surface area contributed by atoms with E-state index in [1.807, 2.05) is 31.2 Å². The summed E-state index contributed by atoms with van der Waals surface area (Å²) in [6, 6.07) is 9.89. The van der Waals surface area contributed by atoms with E-state index in [-0.39, 0.29) is 29.5 Å².